The van der Waals surface area contributed by atoms with E-state index in [9.17, 15) is 4.57 Å². The van der Waals surface area contributed by atoms with Crippen molar-refractivity contribution in [2.24, 2.45) is 0 Å². The molecule has 0 aliphatic carbocycles. The van der Waals surface area contributed by atoms with E-state index in [-0.39, 0.29) is 0 Å². The number of fused-ring (bicyclic) bond motifs is 2. The van der Waals surface area contributed by atoms with Crippen molar-refractivity contribution in [2.45, 2.75) is 15.6 Å². The Morgan fingerprint density at radius 3 is 1.79 bits per heavy atom. The molecule has 1 N–H and O–H groups in total. The molecule has 4 aromatic carbocycles. The summed E-state index contributed by atoms with van der Waals surface area (Å²) in [5, 5.41) is 4.46. The maximum absolute atomic E-state index is 14.6. The predicted octanol–water partition coefficient (Wildman–Crippen LogP) is 8.92. The van der Waals surface area contributed by atoms with Crippen LogP contribution in [-0.4, -0.2) is 0 Å². The molecule has 1 aliphatic rings. The van der Waals surface area contributed by atoms with Crippen LogP contribution < -0.4 is 14.4 Å². The van der Waals surface area contributed by atoms with E-state index in [1.54, 1.807) is 36.4 Å². The fourth-order valence-electron chi connectivity index (χ4n) is 3.46. The third-order valence-corrected chi connectivity index (χ3v) is 8.50. The Bertz CT molecular complexity index is 1280. The fourth-order valence-corrected chi connectivity index (χ4v) is 7.05. The Morgan fingerprint density at radius 1 is 0.727 bits per heavy atom. The maximum Gasteiger partial charge on any atom is 0.457 e. The first-order chi connectivity index (χ1) is 16.0. The van der Waals surface area contributed by atoms with E-state index < -0.39 is 13.4 Å². The van der Waals surface area contributed by atoms with Crippen LogP contribution in [0.25, 0.3) is 0 Å². The predicted molar refractivity (Wildman–Crippen MR) is 135 cm³/mol. The number of hydrogen-bond donors (Lipinski definition) is 1. The molecule has 0 saturated carbocycles. The summed E-state index contributed by atoms with van der Waals surface area (Å²) in [7, 11) is -3.89. The van der Waals surface area contributed by atoms with E-state index in [1.165, 1.54) is 11.8 Å². The molecular weight excluding hydrogens is 496 g/mol. The van der Waals surface area contributed by atoms with Gasteiger partial charge in [0.25, 0.3) is 0 Å². The summed E-state index contributed by atoms with van der Waals surface area (Å²) in [5.41, 5.74) is 1.56. The summed E-state index contributed by atoms with van der Waals surface area (Å²) in [4.78, 5) is 1.45. The second-order valence-corrected chi connectivity index (χ2v) is 11.2. The van der Waals surface area contributed by atoms with Crippen molar-refractivity contribution in [3.05, 3.63) is 113 Å². The maximum atomic E-state index is 14.6. The number of para-hydroxylation sites is 1. The number of rotatable bonds is 4. The lowest BCUT2D eigenvalue weighted by Crippen LogP contribution is -2.19. The van der Waals surface area contributed by atoms with Gasteiger partial charge >= 0.3 is 7.60 Å². The molecule has 1 atom stereocenters. The molecule has 0 saturated heterocycles. The van der Waals surface area contributed by atoms with Gasteiger partial charge in [-0.05, 0) is 54.1 Å². The molecule has 5 rings (SSSR count). The molecule has 4 nitrogen and oxygen atoms in total. The van der Waals surface area contributed by atoms with E-state index in [0.29, 0.717) is 21.5 Å². The lowest BCUT2D eigenvalue weighted by molar-refractivity contribution is 0.368. The summed E-state index contributed by atoms with van der Waals surface area (Å²) in [6.07, 6.45) is 0. The average Bonchev–Trinajstić information content (AvgIpc) is 2.81. The first-order valence-electron chi connectivity index (χ1n) is 10.1. The largest absolute Gasteiger partial charge is 0.457 e. The zero-order valence-corrected chi connectivity index (χ0v) is 20.4. The van der Waals surface area contributed by atoms with Gasteiger partial charge in [-0.25, -0.2) is 4.57 Å². The number of hydrogen-bond acceptors (Lipinski definition) is 5. The topological polar surface area (TPSA) is 47.6 Å². The second kappa shape index (κ2) is 9.36. The van der Waals surface area contributed by atoms with E-state index in [4.69, 9.17) is 32.2 Å². The quantitative estimate of drug-likeness (QED) is 0.276. The standard InChI is InChI=1S/C25H18Cl2NO3PS/c26-18-11-13-21-23(15-18)33-24-16-19(27)12-14-22(24)31-32(29,30-21)25(17-7-3-1-4-8-17)28-20-9-5-2-6-10-20/h1-16,25,28H. The van der Waals surface area contributed by atoms with Gasteiger partial charge in [-0.15, -0.1) is 0 Å². The highest BCUT2D eigenvalue weighted by atomic mass is 35.5. The smallest absolute Gasteiger partial charge is 0.413 e. The van der Waals surface area contributed by atoms with Crippen molar-refractivity contribution in [1.29, 1.82) is 0 Å². The van der Waals surface area contributed by atoms with Crippen LogP contribution in [0.3, 0.4) is 0 Å². The molecule has 8 heteroatoms. The van der Waals surface area contributed by atoms with Crippen molar-refractivity contribution in [1.82, 2.24) is 0 Å². The lowest BCUT2D eigenvalue weighted by atomic mass is 10.2. The summed E-state index contributed by atoms with van der Waals surface area (Å²) >= 11 is 13.9. The third kappa shape index (κ3) is 4.87. The number of nitrogens with one attached hydrogen (secondary N) is 1. The van der Waals surface area contributed by atoms with Crippen molar-refractivity contribution < 1.29 is 13.6 Å². The highest BCUT2D eigenvalue weighted by molar-refractivity contribution is 7.99. The Balaban J connectivity index is 1.68. The van der Waals surface area contributed by atoms with E-state index in [0.717, 1.165) is 21.0 Å². The molecule has 166 valence electrons. The number of benzene rings is 4. The van der Waals surface area contributed by atoms with Crippen LogP contribution in [0.15, 0.2) is 107 Å². The van der Waals surface area contributed by atoms with Crippen LogP contribution >= 0.6 is 42.6 Å². The van der Waals surface area contributed by atoms with Crippen LogP contribution in [0, 0.1) is 0 Å². The minimum atomic E-state index is -3.89. The fraction of sp³-hybridized carbons (Fsp3) is 0.0400. The highest BCUT2D eigenvalue weighted by Crippen LogP contribution is 2.63. The summed E-state index contributed by atoms with van der Waals surface area (Å²) in [5.74, 6) is 0.0690. The van der Waals surface area contributed by atoms with Crippen molar-refractivity contribution in [2.75, 3.05) is 5.32 Å². The number of anilines is 1. The van der Waals surface area contributed by atoms with Crippen LogP contribution in [0.1, 0.15) is 11.3 Å². The van der Waals surface area contributed by atoms with Crippen LogP contribution in [0.5, 0.6) is 11.5 Å². The van der Waals surface area contributed by atoms with Crippen LogP contribution in [-0.2, 0) is 4.57 Å². The Kier molecular flexibility index (Phi) is 6.31. The first kappa shape index (κ1) is 22.2. The number of halogens is 2. The Labute approximate surface area is 206 Å². The van der Waals surface area contributed by atoms with Crippen molar-refractivity contribution >= 4 is 48.2 Å². The van der Waals surface area contributed by atoms with Gasteiger partial charge in [0.2, 0.25) is 0 Å². The summed E-state index contributed by atoms with van der Waals surface area (Å²) in [6, 6.07) is 29.4. The highest BCUT2D eigenvalue weighted by Gasteiger charge is 2.43. The minimum absolute atomic E-state index is 0.425. The van der Waals surface area contributed by atoms with Crippen LogP contribution in [0.2, 0.25) is 10.0 Å². The molecule has 0 aromatic heterocycles. The zero-order chi connectivity index (χ0) is 22.8. The molecule has 1 heterocycles. The molecule has 0 fully saturated rings. The molecule has 1 aliphatic heterocycles. The first-order valence-corrected chi connectivity index (χ1v) is 13.3. The molecule has 0 bridgehead atoms. The molecular formula is C25H18Cl2NO3PS. The zero-order valence-electron chi connectivity index (χ0n) is 17.2. The molecule has 4 aromatic rings. The van der Waals surface area contributed by atoms with Gasteiger partial charge in [0.05, 0.1) is 9.79 Å². The average molecular weight is 514 g/mol. The van der Waals surface area contributed by atoms with E-state index >= 15 is 0 Å². The molecule has 0 radical (unpaired) electrons. The lowest BCUT2D eigenvalue weighted by Gasteiger charge is -2.31. The van der Waals surface area contributed by atoms with Gasteiger partial charge in [0.15, 0.2) is 5.78 Å². The molecule has 1 unspecified atom stereocenters. The SMILES string of the molecule is O=P1(C(Nc2ccccc2)c2ccccc2)Oc2ccc(Cl)cc2Sc2cc(Cl)ccc2O1. The van der Waals surface area contributed by atoms with Crippen molar-refractivity contribution in [3.63, 3.8) is 0 Å². The van der Waals surface area contributed by atoms with E-state index in [2.05, 4.69) is 5.32 Å². The monoisotopic (exact) mass is 513 g/mol. The van der Waals surface area contributed by atoms with Gasteiger partial charge in [-0.3, -0.25) is 0 Å². The van der Waals surface area contributed by atoms with Crippen LogP contribution in [0.4, 0.5) is 5.69 Å². The normalized spacial score (nSPS) is 15.0. The molecule has 0 amide bonds. The summed E-state index contributed by atoms with van der Waals surface area (Å²) < 4.78 is 27.1. The van der Waals surface area contributed by atoms with E-state index in [1.807, 2.05) is 60.7 Å². The molecule has 0 spiro atoms. The van der Waals surface area contributed by atoms with Crippen molar-refractivity contribution in [3.8, 4) is 11.5 Å². The Morgan fingerprint density at radius 2 is 1.24 bits per heavy atom. The summed E-state index contributed by atoms with van der Waals surface area (Å²) in [6.45, 7) is 0. The van der Waals surface area contributed by atoms with Gasteiger partial charge in [0, 0.05) is 15.7 Å². The van der Waals surface area contributed by atoms with Gasteiger partial charge in [-0.2, -0.15) is 0 Å². The van der Waals surface area contributed by atoms with Gasteiger partial charge < -0.3 is 14.4 Å². The molecule has 33 heavy (non-hydrogen) atoms. The third-order valence-electron chi connectivity index (χ3n) is 4.99. The van der Waals surface area contributed by atoms with Gasteiger partial charge in [0.1, 0.15) is 11.5 Å². The Hall–Kier alpha value is -2.56. The second-order valence-electron chi connectivity index (χ2n) is 7.33. The van der Waals surface area contributed by atoms with Gasteiger partial charge in [-0.1, -0.05) is 83.5 Å². The minimum Gasteiger partial charge on any atom is -0.413 e.